The van der Waals surface area contributed by atoms with Crippen LogP contribution in [0.4, 0.5) is 0 Å². The zero-order valence-electron chi connectivity index (χ0n) is 14.3. The van der Waals surface area contributed by atoms with E-state index in [0.717, 1.165) is 23.1 Å². The van der Waals surface area contributed by atoms with Crippen LogP contribution in [0.3, 0.4) is 0 Å². The molecule has 0 spiro atoms. The van der Waals surface area contributed by atoms with Crippen molar-refractivity contribution in [1.29, 1.82) is 0 Å². The summed E-state index contributed by atoms with van der Waals surface area (Å²) in [5, 5.41) is 7.24. The maximum absolute atomic E-state index is 11.4. The zero-order valence-corrected chi connectivity index (χ0v) is 15.1. The Bertz CT molecular complexity index is 668. The number of benzene rings is 1. The first kappa shape index (κ1) is 17.7. The van der Waals surface area contributed by atoms with Gasteiger partial charge in [-0.1, -0.05) is 44.7 Å². The molecule has 0 bridgehead atoms. The third-order valence-electron chi connectivity index (χ3n) is 3.55. The minimum Gasteiger partial charge on any atom is -0.494 e. The van der Waals surface area contributed by atoms with E-state index in [4.69, 9.17) is 4.74 Å². The Balaban J connectivity index is 1.74. The molecule has 1 N–H and O–H groups in total. The number of ether oxygens (including phenoxy) is 1. The number of thioether (sulfide) groups is 1. The number of nitrogens with zero attached hydrogens (tertiary/aromatic N) is 2. The van der Waals surface area contributed by atoms with Gasteiger partial charge in [-0.05, 0) is 36.5 Å². The van der Waals surface area contributed by atoms with E-state index >= 15 is 0 Å². The van der Waals surface area contributed by atoms with Crippen molar-refractivity contribution in [3.8, 4) is 5.75 Å². The summed E-state index contributed by atoms with van der Waals surface area (Å²) in [6.45, 7) is 9.82. The molecule has 0 aliphatic rings. The average molecular weight is 335 g/mol. The summed E-state index contributed by atoms with van der Waals surface area (Å²) in [6.07, 6.45) is 0.899. The quantitative estimate of drug-likeness (QED) is 0.622. The number of nitrogens with one attached hydrogen (secondary N) is 1. The lowest BCUT2D eigenvalue weighted by Gasteiger charge is -2.19. The predicted molar refractivity (Wildman–Crippen MR) is 94.5 cm³/mol. The lowest BCUT2D eigenvalue weighted by molar-refractivity contribution is 0.318. The lowest BCUT2D eigenvalue weighted by atomic mass is 9.87. The van der Waals surface area contributed by atoms with Gasteiger partial charge in [0.05, 0.1) is 6.61 Å². The highest BCUT2D eigenvalue weighted by Gasteiger charge is 2.13. The maximum atomic E-state index is 11.4. The molecule has 23 heavy (non-hydrogen) atoms. The molecule has 0 fully saturated rings. The summed E-state index contributed by atoms with van der Waals surface area (Å²) in [5.41, 5.74) is 1.31. The van der Waals surface area contributed by atoms with Crippen molar-refractivity contribution < 1.29 is 4.74 Å². The fourth-order valence-electron chi connectivity index (χ4n) is 2.16. The first-order valence-corrected chi connectivity index (χ1v) is 8.91. The molecule has 0 aliphatic carbocycles. The van der Waals surface area contributed by atoms with Crippen molar-refractivity contribution in [3.63, 3.8) is 0 Å². The van der Waals surface area contributed by atoms with Gasteiger partial charge in [-0.15, -0.1) is 5.10 Å². The largest absolute Gasteiger partial charge is 0.494 e. The van der Waals surface area contributed by atoms with Crippen molar-refractivity contribution in [1.82, 2.24) is 14.8 Å². The van der Waals surface area contributed by atoms with Crippen LogP contribution in [0.5, 0.6) is 5.75 Å². The molecule has 1 aromatic heterocycles. The van der Waals surface area contributed by atoms with Crippen LogP contribution in [0, 0.1) is 0 Å². The highest BCUT2D eigenvalue weighted by Crippen LogP contribution is 2.24. The second-order valence-electron chi connectivity index (χ2n) is 6.38. The average Bonchev–Trinajstić information content (AvgIpc) is 2.86. The van der Waals surface area contributed by atoms with E-state index in [1.807, 2.05) is 19.1 Å². The van der Waals surface area contributed by atoms with Crippen molar-refractivity contribution in [3.05, 3.63) is 40.3 Å². The van der Waals surface area contributed by atoms with E-state index in [-0.39, 0.29) is 11.1 Å². The van der Waals surface area contributed by atoms with Gasteiger partial charge in [0, 0.05) is 12.3 Å². The van der Waals surface area contributed by atoms with E-state index in [9.17, 15) is 4.79 Å². The molecule has 126 valence electrons. The molecule has 1 heterocycles. The Morgan fingerprint density at radius 2 is 1.96 bits per heavy atom. The second-order valence-corrected chi connectivity index (χ2v) is 7.44. The van der Waals surface area contributed by atoms with Crippen LogP contribution in [-0.2, 0) is 12.0 Å². The minimum absolute atomic E-state index is 0.148. The van der Waals surface area contributed by atoms with E-state index in [1.54, 1.807) is 16.3 Å². The van der Waals surface area contributed by atoms with Gasteiger partial charge >= 0.3 is 5.69 Å². The van der Waals surface area contributed by atoms with Gasteiger partial charge in [0.15, 0.2) is 5.16 Å². The maximum Gasteiger partial charge on any atom is 0.343 e. The predicted octanol–water partition coefficient (Wildman–Crippen LogP) is 3.45. The molecule has 6 heteroatoms. The van der Waals surface area contributed by atoms with Gasteiger partial charge in [-0.2, -0.15) is 0 Å². The number of hydrogen-bond acceptors (Lipinski definition) is 4. The molecule has 1 aromatic carbocycles. The third kappa shape index (κ3) is 4.89. The van der Waals surface area contributed by atoms with Gasteiger partial charge in [0.2, 0.25) is 0 Å². The zero-order chi connectivity index (χ0) is 16.9. The van der Waals surface area contributed by atoms with Crippen LogP contribution >= 0.6 is 11.8 Å². The Kier molecular flexibility index (Phi) is 5.93. The number of aromatic amines is 1. The number of rotatable bonds is 7. The Morgan fingerprint density at radius 3 is 2.57 bits per heavy atom. The van der Waals surface area contributed by atoms with Crippen molar-refractivity contribution in [2.45, 2.75) is 51.2 Å². The third-order valence-corrected chi connectivity index (χ3v) is 4.61. The summed E-state index contributed by atoms with van der Waals surface area (Å²) in [4.78, 5) is 11.4. The number of H-pyrrole nitrogens is 1. The molecular formula is C17H25N3O2S. The van der Waals surface area contributed by atoms with Crippen LogP contribution in [0.1, 0.15) is 39.7 Å². The number of aromatic nitrogens is 3. The Morgan fingerprint density at radius 1 is 1.26 bits per heavy atom. The summed E-state index contributed by atoms with van der Waals surface area (Å²) >= 11 is 1.57. The molecule has 0 unspecified atom stereocenters. The first-order chi connectivity index (χ1) is 10.9. The monoisotopic (exact) mass is 335 g/mol. The summed E-state index contributed by atoms with van der Waals surface area (Å²) in [7, 11) is 0. The smallest absolute Gasteiger partial charge is 0.343 e. The van der Waals surface area contributed by atoms with E-state index < -0.39 is 0 Å². The topological polar surface area (TPSA) is 59.9 Å². The second kappa shape index (κ2) is 7.73. The van der Waals surface area contributed by atoms with E-state index in [0.29, 0.717) is 13.2 Å². The number of hydrogen-bond donors (Lipinski definition) is 1. The first-order valence-electron chi connectivity index (χ1n) is 7.93. The molecule has 0 saturated carbocycles. The van der Waals surface area contributed by atoms with Crippen LogP contribution < -0.4 is 10.4 Å². The summed E-state index contributed by atoms with van der Waals surface area (Å²) < 4.78 is 7.40. The Labute approximate surface area is 141 Å². The van der Waals surface area contributed by atoms with Gasteiger partial charge in [0.1, 0.15) is 5.75 Å². The highest BCUT2D eigenvalue weighted by molar-refractivity contribution is 7.99. The highest BCUT2D eigenvalue weighted by atomic mass is 32.2. The van der Waals surface area contributed by atoms with Gasteiger partial charge in [0.25, 0.3) is 0 Å². The SMILES string of the molecule is CCn1c(SCCCOc2ccc(C(C)(C)C)cc2)n[nH]c1=O. The van der Waals surface area contributed by atoms with Gasteiger partial charge in [-0.3, -0.25) is 4.57 Å². The van der Waals surface area contributed by atoms with Crippen molar-refractivity contribution in [2.24, 2.45) is 0 Å². The van der Waals surface area contributed by atoms with E-state index in [1.165, 1.54) is 5.56 Å². The van der Waals surface area contributed by atoms with Gasteiger partial charge < -0.3 is 4.74 Å². The molecule has 5 nitrogen and oxygen atoms in total. The molecule has 0 aliphatic heterocycles. The standard InChI is InChI=1S/C17H25N3O2S/c1-5-20-15(21)18-19-16(20)23-12-6-11-22-14-9-7-13(8-10-14)17(2,3)4/h7-10H,5-6,11-12H2,1-4H3,(H,18,21). The van der Waals surface area contributed by atoms with Crippen LogP contribution in [0.25, 0.3) is 0 Å². The molecule has 2 aromatic rings. The van der Waals surface area contributed by atoms with Crippen LogP contribution in [0.15, 0.2) is 34.2 Å². The fourth-order valence-corrected chi connectivity index (χ4v) is 3.08. The molecule has 0 radical (unpaired) electrons. The molecule has 2 rings (SSSR count). The lowest BCUT2D eigenvalue weighted by Crippen LogP contribution is -2.16. The molecule has 0 saturated heterocycles. The van der Waals surface area contributed by atoms with Crippen LogP contribution in [-0.4, -0.2) is 27.1 Å². The van der Waals surface area contributed by atoms with Crippen LogP contribution in [0.2, 0.25) is 0 Å². The molecule has 0 amide bonds. The van der Waals surface area contributed by atoms with Gasteiger partial charge in [-0.25, -0.2) is 9.89 Å². The Hall–Kier alpha value is -1.69. The normalized spacial score (nSPS) is 11.7. The molecule has 0 atom stereocenters. The fraction of sp³-hybridized carbons (Fsp3) is 0.529. The molecular weight excluding hydrogens is 310 g/mol. The van der Waals surface area contributed by atoms with Crippen molar-refractivity contribution >= 4 is 11.8 Å². The summed E-state index contributed by atoms with van der Waals surface area (Å²) in [5.74, 6) is 1.76. The van der Waals surface area contributed by atoms with Crippen molar-refractivity contribution in [2.75, 3.05) is 12.4 Å². The minimum atomic E-state index is -0.148. The summed E-state index contributed by atoms with van der Waals surface area (Å²) in [6, 6.07) is 8.29. The van der Waals surface area contributed by atoms with E-state index in [2.05, 4.69) is 43.1 Å².